The van der Waals surface area contributed by atoms with Gasteiger partial charge in [0.15, 0.2) is 5.76 Å². The normalized spacial score (nSPS) is 13.4. The summed E-state index contributed by atoms with van der Waals surface area (Å²) in [5, 5.41) is 3.83. The van der Waals surface area contributed by atoms with Crippen LogP contribution in [0.1, 0.15) is 16.1 Å². The van der Waals surface area contributed by atoms with Gasteiger partial charge in [-0.25, -0.2) is 0 Å². The van der Waals surface area contributed by atoms with Crippen molar-refractivity contribution in [2.24, 2.45) is 0 Å². The van der Waals surface area contributed by atoms with Gasteiger partial charge < -0.3 is 14.6 Å². The Morgan fingerprint density at radius 3 is 2.96 bits per heavy atom. The third-order valence-corrected chi connectivity index (χ3v) is 4.66. The largest absolute Gasteiger partial charge is 0.451 e. The molecule has 3 aromatic rings. The van der Waals surface area contributed by atoms with E-state index in [1.54, 1.807) is 6.07 Å². The lowest BCUT2D eigenvalue weighted by Crippen LogP contribution is -2.12. The molecule has 0 bridgehead atoms. The monoisotopic (exact) mass is 370 g/mol. The number of carbonyl (C=O) groups excluding carboxylic acids is 1. The molecule has 0 unspecified atom stereocenters. The van der Waals surface area contributed by atoms with Crippen LogP contribution in [-0.2, 0) is 6.42 Å². The van der Waals surface area contributed by atoms with E-state index in [-0.39, 0.29) is 5.91 Å². The molecular weight excluding hydrogens is 356 g/mol. The quantitative estimate of drug-likeness (QED) is 0.725. The average molecular weight is 371 g/mol. The molecule has 1 amide bonds. The summed E-state index contributed by atoms with van der Waals surface area (Å²) in [5.74, 6) is 0.0827. The standard InChI is InChI=1S/C18H15BrN2O2/c1-21-7-6-11-8-14(4-5-15(11)21)20-18(22)17-9-12-2-3-13(19)10-16(12)23-17/h2-5,8-10H,6-7H2,1H3,(H,20,22). The molecule has 1 aliphatic rings. The van der Waals surface area contributed by atoms with Crippen LogP contribution in [0.2, 0.25) is 0 Å². The highest BCUT2D eigenvalue weighted by atomic mass is 79.9. The summed E-state index contributed by atoms with van der Waals surface area (Å²) in [6, 6.07) is 13.5. The van der Waals surface area contributed by atoms with E-state index in [0.717, 1.165) is 28.5 Å². The lowest BCUT2D eigenvalue weighted by Gasteiger charge is -2.12. The predicted molar refractivity (Wildman–Crippen MR) is 95.3 cm³/mol. The molecule has 0 spiro atoms. The predicted octanol–water partition coefficient (Wildman–Crippen LogP) is 4.44. The van der Waals surface area contributed by atoms with Gasteiger partial charge in [0.05, 0.1) is 0 Å². The minimum absolute atomic E-state index is 0.233. The zero-order chi connectivity index (χ0) is 16.0. The molecule has 23 heavy (non-hydrogen) atoms. The SMILES string of the molecule is CN1CCc2cc(NC(=O)c3cc4ccc(Br)cc4o3)ccc21. The Bertz CT molecular complexity index is 917. The maximum absolute atomic E-state index is 12.4. The molecule has 5 heteroatoms. The molecule has 0 aliphatic carbocycles. The molecule has 2 aromatic carbocycles. The number of amides is 1. The topological polar surface area (TPSA) is 45.5 Å². The van der Waals surface area contributed by atoms with Gasteiger partial charge in [0.1, 0.15) is 5.58 Å². The number of anilines is 2. The number of carbonyl (C=O) groups is 1. The number of nitrogens with one attached hydrogen (secondary N) is 1. The molecular formula is C18H15BrN2O2. The van der Waals surface area contributed by atoms with E-state index in [1.165, 1.54) is 11.3 Å². The van der Waals surface area contributed by atoms with Crippen LogP contribution >= 0.6 is 15.9 Å². The fourth-order valence-electron chi connectivity index (χ4n) is 2.95. The van der Waals surface area contributed by atoms with Gasteiger partial charge in [0, 0.05) is 34.8 Å². The van der Waals surface area contributed by atoms with Gasteiger partial charge in [-0.05, 0) is 54.4 Å². The molecule has 2 heterocycles. The van der Waals surface area contributed by atoms with E-state index in [2.05, 4.69) is 33.2 Å². The van der Waals surface area contributed by atoms with E-state index in [1.807, 2.05) is 36.4 Å². The van der Waals surface area contributed by atoms with Gasteiger partial charge in [-0.3, -0.25) is 4.79 Å². The number of hydrogen-bond donors (Lipinski definition) is 1. The second-order valence-corrected chi connectivity index (χ2v) is 6.68. The first-order valence-corrected chi connectivity index (χ1v) is 8.24. The Kier molecular flexibility index (Phi) is 3.38. The molecule has 0 radical (unpaired) electrons. The highest BCUT2D eigenvalue weighted by Gasteiger charge is 2.17. The van der Waals surface area contributed by atoms with Gasteiger partial charge in [-0.1, -0.05) is 15.9 Å². The molecule has 1 N–H and O–H groups in total. The summed E-state index contributed by atoms with van der Waals surface area (Å²) in [7, 11) is 2.08. The second kappa shape index (κ2) is 5.42. The molecule has 1 aromatic heterocycles. The summed E-state index contributed by atoms with van der Waals surface area (Å²) in [6.07, 6.45) is 1.01. The Labute approximate surface area is 142 Å². The first-order chi connectivity index (χ1) is 11.1. The van der Waals surface area contributed by atoms with E-state index in [9.17, 15) is 4.79 Å². The third kappa shape index (κ3) is 2.61. The molecule has 1 aliphatic heterocycles. The number of fused-ring (bicyclic) bond motifs is 2. The van der Waals surface area contributed by atoms with Crippen molar-refractivity contribution in [3.8, 4) is 0 Å². The Morgan fingerprint density at radius 2 is 2.09 bits per heavy atom. The molecule has 0 fully saturated rings. The molecule has 4 nitrogen and oxygen atoms in total. The van der Waals surface area contributed by atoms with Crippen LogP contribution in [0.3, 0.4) is 0 Å². The minimum Gasteiger partial charge on any atom is -0.451 e. The van der Waals surface area contributed by atoms with Crippen LogP contribution in [0.4, 0.5) is 11.4 Å². The summed E-state index contributed by atoms with van der Waals surface area (Å²) in [5.41, 5.74) is 3.99. The van der Waals surface area contributed by atoms with Crippen molar-refractivity contribution >= 4 is 44.2 Å². The molecule has 0 saturated carbocycles. The maximum Gasteiger partial charge on any atom is 0.291 e. The van der Waals surface area contributed by atoms with Crippen molar-refractivity contribution in [2.75, 3.05) is 23.8 Å². The molecule has 116 valence electrons. The maximum atomic E-state index is 12.4. The van der Waals surface area contributed by atoms with Crippen molar-refractivity contribution < 1.29 is 9.21 Å². The summed E-state index contributed by atoms with van der Waals surface area (Å²) in [6.45, 7) is 1.02. The third-order valence-electron chi connectivity index (χ3n) is 4.17. The lowest BCUT2D eigenvalue weighted by molar-refractivity contribution is 0.0998. The van der Waals surface area contributed by atoms with Crippen LogP contribution in [-0.4, -0.2) is 19.5 Å². The first-order valence-electron chi connectivity index (χ1n) is 7.45. The Morgan fingerprint density at radius 1 is 1.22 bits per heavy atom. The number of benzene rings is 2. The summed E-state index contributed by atoms with van der Waals surface area (Å²) >= 11 is 3.40. The van der Waals surface area contributed by atoms with E-state index >= 15 is 0 Å². The van der Waals surface area contributed by atoms with Crippen molar-refractivity contribution in [3.05, 3.63) is 58.3 Å². The lowest BCUT2D eigenvalue weighted by atomic mass is 10.1. The molecule has 4 rings (SSSR count). The van der Waals surface area contributed by atoms with Gasteiger partial charge in [-0.2, -0.15) is 0 Å². The minimum atomic E-state index is -0.233. The van der Waals surface area contributed by atoms with E-state index in [4.69, 9.17) is 4.42 Å². The van der Waals surface area contributed by atoms with Gasteiger partial charge in [0.2, 0.25) is 0 Å². The van der Waals surface area contributed by atoms with Crippen LogP contribution < -0.4 is 10.2 Å². The number of likely N-dealkylation sites (N-methyl/N-ethyl adjacent to an activating group) is 1. The Balaban J connectivity index is 1.59. The highest BCUT2D eigenvalue weighted by Crippen LogP contribution is 2.29. The Hall–Kier alpha value is -2.27. The molecule has 0 atom stereocenters. The zero-order valence-corrected chi connectivity index (χ0v) is 14.2. The van der Waals surface area contributed by atoms with E-state index in [0.29, 0.717) is 11.3 Å². The van der Waals surface area contributed by atoms with E-state index < -0.39 is 0 Å². The number of hydrogen-bond acceptors (Lipinski definition) is 3. The number of rotatable bonds is 2. The zero-order valence-electron chi connectivity index (χ0n) is 12.6. The fourth-order valence-corrected chi connectivity index (χ4v) is 3.29. The van der Waals surface area contributed by atoms with Gasteiger partial charge in [0.25, 0.3) is 5.91 Å². The van der Waals surface area contributed by atoms with Crippen molar-refractivity contribution in [2.45, 2.75) is 6.42 Å². The van der Waals surface area contributed by atoms with Crippen LogP contribution in [0.15, 0.2) is 51.4 Å². The highest BCUT2D eigenvalue weighted by molar-refractivity contribution is 9.10. The fraction of sp³-hybridized carbons (Fsp3) is 0.167. The van der Waals surface area contributed by atoms with Gasteiger partial charge >= 0.3 is 0 Å². The van der Waals surface area contributed by atoms with Crippen molar-refractivity contribution in [3.63, 3.8) is 0 Å². The number of nitrogens with zero attached hydrogens (tertiary/aromatic N) is 1. The summed E-state index contributed by atoms with van der Waals surface area (Å²) < 4.78 is 6.57. The van der Waals surface area contributed by atoms with Crippen molar-refractivity contribution in [1.82, 2.24) is 0 Å². The average Bonchev–Trinajstić information content (AvgIpc) is 3.11. The molecule has 0 saturated heterocycles. The van der Waals surface area contributed by atoms with Gasteiger partial charge in [-0.15, -0.1) is 0 Å². The smallest absolute Gasteiger partial charge is 0.291 e. The first kappa shape index (κ1) is 14.3. The summed E-state index contributed by atoms with van der Waals surface area (Å²) in [4.78, 5) is 14.6. The van der Waals surface area contributed by atoms with Crippen LogP contribution in [0, 0.1) is 0 Å². The second-order valence-electron chi connectivity index (χ2n) is 5.76. The van der Waals surface area contributed by atoms with Crippen LogP contribution in [0.25, 0.3) is 11.0 Å². The number of halogens is 1. The van der Waals surface area contributed by atoms with Crippen molar-refractivity contribution in [1.29, 1.82) is 0 Å². The number of furan rings is 1. The van der Waals surface area contributed by atoms with Crippen LogP contribution in [0.5, 0.6) is 0 Å².